The van der Waals surface area contributed by atoms with E-state index >= 15 is 0 Å². The van der Waals surface area contributed by atoms with Crippen molar-refractivity contribution in [3.05, 3.63) is 0 Å². The van der Waals surface area contributed by atoms with E-state index in [0.717, 1.165) is 31.7 Å². The molecular formula is C15H27NO2. The van der Waals surface area contributed by atoms with Crippen molar-refractivity contribution in [1.29, 1.82) is 0 Å². The Labute approximate surface area is 111 Å². The Kier molecular flexibility index (Phi) is 3.92. The van der Waals surface area contributed by atoms with Crippen LogP contribution in [-0.4, -0.2) is 49.5 Å². The zero-order valence-corrected chi connectivity index (χ0v) is 11.8. The van der Waals surface area contributed by atoms with Crippen molar-refractivity contribution < 1.29 is 9.47 Å². The molecule has 0 amide bonds. The maximum absolute atomic E-state index is 5.88. The van der Waals surface area contributed by atoms with Crippen LogP contribution in [0.4, 0.5) is 0 Å². The summed E-state index contributed by atoms with van der Waals surface area (Å²) in [7, 11) is 0. The minimum absolute atomic E-state index is 0.368. The summed E-state index contributed by atoms with van der Waals surface area (Å²) in [5, 5.41) is 0. The number of rotatable bonds is 6. The van der Waals surface area contributed by atoms with E-state index in [-0.39, 0.29) is 0 Å². The van der Waals surface area contributed by atoms with Crippen LogP contribution in [0.25, 0.3) is 0 Å². The molecule has 2 heterocycles. The fourth-order valence-corrected chi connectivity index (χ4v) is 3.50. The Morgan fingerprint density at radius 2 is 1.78 bits per heavy atom. The first-order valence-electron chi connectivity index (χ1n) is 7.69. The molecule has 0 aromatic carbocycles. The SMILES string of the molecule is CC(C)OC[C@@H](CN1C2CCC1COC2)C1CC1. The highest BCUT2D eigenvalue weighted by molar-refractivity contribution is 4.94. The van der Waals surface area contributed by atoms with E-state index < -0.39 is 0 Å². The van der Waals surface area contributed by atoms with Crippen molar-refractivity contribution in [2.75, 3.05) is 26.4 Å². The summed E-state index contributed by atoms with van der Waals surface area (Å²) in [6.07, 6.45) is 5.89. The molecule has 0 aromatic heterocycles. The molecular weight excluding hydrogens is 226 g/mol. The Morgan fingerprint density at radius 1 is 1.11 bits per heavy atom. The van der Waals surface area contributed by atoms with E-state index in [1.807, 2.05) is 0 Å². The standard InChI is InChI=1S/C15H27NO2/c1-11(2)18-8-13(12-3-4-12)7-16-14-5-6-15(16)10-17-9-14/h11-15H,3-10H2,1-2H3/t13-,14?,15?/m1/s1. The second-order valence-corrected chi connectivity index (χ2v) is 6.60. The maximum Gasteiger partial charge on any atom is 0.0622 e. The molecule has 3 atom stereocenters. The summed E-state index contributed by atoms with van der Waals surface area (Å²) in [4.78, 5) is 2.73. The van der Waals surface area contributed by atoms with E-state index in [2.05, 4.69) is 18.7 Å². The Balaban J connectivity index is 1.55. The molecule has 1 aliphatic carbocycles. The smallest absolute Gasteiger partial charge is 0.0622 e. The van der Waals surface area contributed by atoms with E-state index in [4.69, 9.17) is 9.47 Å². The average Bonchev–Trinajstić information content (AvgIpc) is 3.14. The molecule has 18 heavy (non-hydrogen) atoms. The molecule has 2 saturated heterocycles. The molecule has 3 rings (SSSR count). The van der Waals surface area contributed by atoms with Crippen molar-refractivity contribution in [2.24, 2.45) is 11.8 Å². The average molecular weight is 253 g/mol. The summed E-state index contributed by atoms with van der Waals surface area (Å²) in [6.45, 7) is 8.40. The molecule has 0 N–H and O–H groups in total. The van der Waals surface area contributed by atoms with Gasteiger partial charge in [0.25, 0.3) is 0 Å². The first-order valence-corrected chi connectivity index (χ1v) is 7.69. The fraction of sp³-hybridized carbons (Fsp3) is 1.00. The highest BCUT2D eigenvalue weighted by Gasteiger charge is 2.41. The van der Waals surface area contributed by atoms with Crippen LogP contribution in [0.15, 0.2) is 0 Å². The van der Waals surface area contributed by atoms with Gasteiger partial charge < -0.3 is 9.47 Å². The van der Waals surface area contributed by atoms with Gasteiger partial charge in [-0.25, -0.2) is 0 Å². The van der Waals surface area contributed by atoms with Gasteiger partial charge in [0.1, 0.15) is 0 Å². The van der Waals surface area contributed by atoms with Crippen molar-refractivity contribution in [2.45, 2.75) is 57.7 Å². The zero-order valence-electron chi connectivity index (χ0n) is 11.8. The van der Waals surface area contributed by atoms with Crippen LogP contribution < -0.4 is 0 Å². The van der Waals surface area contributed by atoms with Gasteiger partial charge in [-0.05, 0) is 51.4 Å². The fourth-order valence-electron chi connectivity index (χ4n) is 3.50. The van der Waals surface area contributed by atoms with Crippen molar-refractivity contribution >= 4 is 0 Å². The van der Waals surface area contributed by atoms with Crippen LogP contribution in [0.3, 0.4) is 0 Å². The van der Waals surface area contributed by atoms with Gasteiger partial charge in [0.2, 0.25) is 0 Å². The normalized spacial score (nSPS) is 34.2. The lowest BCUT2D eigenvalue weighted by molar-refractivity contribution is -0.0355. The summed E-state index contributed by atoms with van der Waals surface area (Å²) in [6, 6.07) is 1.40. The summed E-state index contributed by atoms with van der Waals surface area (Å²) >= 11 is 0. The van der Waals surface area contributed by atoms with E-state index in [0.29, 0.717) is 18.2 Å². The van der Waals surface area contributed by atoms with Gasteiger partial charge in [-0.15, -0.1) is 0 Å². The topological polar surface area (TPSA) is 21.7 Å². The molecule has 0 spiro atoms. The van der Waals surface area contributed by atoms with Crippen LogP contribution in [0.5, 0.6) is 0 Å². The first kappa shape index (κ1) is 12.9. The predicted molar refractivity (Wildman–Crippen MR) is 71.6 cm³/mol. The lowest BCUT2D eigenvalue weighted by Gasteiger charge is -2.37. The van der Waals surface area contributed by atoms with E-state index in [1.54, 1.807) is 0 Å². The molecule has 2 bridgehead atoms. The van der Waals surface area contributed by atoms with Crippen LogP contribution >= 0.6 is 0 Å². The van der Waals surface area contributed by atoms with Crippen LogP contribution in [0.1, 0.15) is 39.5 Å². The van der Waals surface area contributed by atoms with Gasteiger partial charge in [-0.2, -0.15) is 0 Å². The third-order valence-electron chi connectivity index (χ3n) is 4.77. The van der Waals surface area contributed by atoms with Gasteiger partial charge in [-0.3, -0.25) is 4.90 Å². The Morgan fingerprint density at radius 3 is 2.33 bits per heavy atom. The van der Waals surface area contributed by atoms with Crippen LogP contribution in [0.2, 0.25) is 0 Å². The quantitative estimate of drug-likeness (QED) is 0.725. The first-order chi connectivity index (χ1) is 8.74. The predicted octanol–water partition coefficient (Wildman–Crippen LogP) is 2.30. The number of hydrogen-bond acceptors (Lipinski definition) is 3. The monoisotopic (exact) mass is 253 g/mol. The molecule has 104 valence electrons. The number of nitrogens with zero attached hydrogens (tertiary/aromatic N) is 1. The Hall–Kier alpha value is -0.120. The van der Waals surface area contributed by atoms with Gasteiger partial charge in [0.15, 0.2) is 0 Å². The van der Waals surface area contributed by atoms with Gasteiger partial charge in [-0.1, -0.05) is 0 Å². The minimum Gasteiger partial charge on any atom is -0.378 e. The van der Waals surface area contributed by atoms with Gasteiger partial charge in [0.05, 0.1) is 25.9 Å². The van der Waals surface area contributed by atoms with Crippen LogP contribution in [0, 0.1) is 11.8 Å². The molecule has 0 radical (unpaired) electrons. The number of ether oxygens (including phenoxy) is 2. The largest absolute Gasteiger partial charge is 0.378 e. The number of fused-ring (bicyclic) bond motifs is 2. The minimum atomic E-state index is 0.368. The molecule has 2 aliphatic heterocycles. The highest BCUT2D eigenvalue weighted by Crippen LogP contribution is 2.39. The van der Waals surface area contributed by atoms with Gasteiger partial charge >= 0.3 is 0 Å². The highest BCUT2D eigenvalue weighted by atomic mass is 16.5. The van der Waals surface area contributed by atoms with Crippen molar-refractivity contribution in [1.82, 2.24) is 4.90 Å². The molecule has 0 aromatic rings. The second kappa shape index (κ2) is 5.48. The Bertz CT molecular complexity index is 262. The van der Waals surface area contributed by atoms with E-state index in [9.17, 15) is 0 Å². The van der Waals surface area contributed by atoms with Crippen LogP contribution in [-0.2, 0) is 9.47 Å². The summed E-state index contributed by atoms with van der Waals surface area (Å²) in [5.74, 6) is 1.69. The third kappa shape index (κ3) is 2.89. The second-order valence-electron chi connectivity index (χ2n) is 6.60. The summed E-state index contributed by atoms with van der Waals surface area (Å²) in [5.41, 5.74) is 0. The molecule has 3 aliphatic rings. The molecule has 3 fully saturated rings. The molecule has 3 heteroatoms. The van der Waals surface area contributed by atoms with Crippen molar-refractivity contribution in [3.8, 4) is 0 Å². The maximum atomic E-state index is 5.88. The van der Waals surface area contributed by atoms with Crippen molar-refractivity contribution in [3.63, 3.8) is 0 Å². The third-order valence-corrected chi connectivity index (χ3v) is 4.77. The molecule has 3 nitrogen and oxygen atoms in total. The lowest BCUT2D eigenvalue weighted by Crippen LogP contribution is -2.48. The van der Waals surface area contributed by atoms with E-state index in [1.165, 1.54) is 32.2 Å². The lowest BCUT2D eigenvalue weighted by atomic mass is 10.0. The number of hydrogen-bond donors (Lipinski definition) is 0. The van der Waals surface area contributed by atoms with Gasteiger partial charge in [0, 0.05) is 18.6 Å². The number of morpholine rings is 1. The summed E-state index contributed by atoms with van der Waals surface area (Å²) < 4.78 is 11.5. The molecule has 2 unspecified atom stereocenters. The zero-order chi connectivity index (χ0) is 12.5. The molecule has 1 saturated carbocycles.